The summed E-state index contributed by atoms with van der Waals surface area (Å²) in [5, 5.41) is 5.14. The number of hydrogen-bond acceptors (Lipinski definition) is 2. The molecule has 0 spiro atoms. The fraction of sp³-hybridized carbons (Fsp3) is 0.211. The number of fused-ring (bicyclic) bond motifs is 1. The number of aromatic nitrogens is 1. The molecule has 3 aromatic rings. The van der Waals surface area contributed by atoms with E-state index in [2.05, 4.69) is 18.0 Å². The van der Waals surface area contributed by atoms with E-state index < -0.39 is 0 Å². The normalized spacial score (nSPS) is 12.3. The highest BCUT2D eigenvalue weighted by Gasteiger charge is 2.18. The van der Waals surface area contributed by atoms with Crippen molar-refractivity contribution in [1.82, 2.24) is 9.88 Å². The van der Waals surface area contributed by atoms with Gasteiger partial charge in [0.2, 0.25) is 0 Å². The van der Waals surface area contributed by atoms with E-state index >= 15 is 0 Å². The molecule has 3 rings (SSSR count). The van der Waals surface area contributed by atoms with Crippen LogP contribution in [0.5, 0.6) is 0 Å². The molecule has 1 amide bonds. The Kier molecular flexibility index (Phi) is 4.35. The highest BCUT2D eigenvalue weighted by molar-refractivity contribution is 7.17. The maximum absolute atomic E-state index is 12.7. The third-order valence-electron chi connectivity index (χ3n) is 3.83. The lowest BCUT2D eigenvalue weighted by Crippen LogP contribution is -2.28. The number of benzene rings is 1. The summed E-state index contributed by atoms with van der Waals surface area (Å²) in [5.41, 5.74) is 3.91. The Hall–Kier alpha value is -2.33. The second-order valence-corrected chi connectivity index (χ2v) is 6.80. The first-order chi connectivity index (χ1) is 11.1. The van der Waals surface area contributed by atoms with E-state index in [1.807, 2.05) is 60.2 Å². The van der Waals surface area contributed by atoms with Crippen LogP contribution in [0.2, 0.25) is 0 Å². The average Bonchev–Trinajstić information content (AvgIpc) is 3.10. The van der Waals surface area contributed by atoms with Crippen molar-refractivity contribution >= 4 is 27.5 Å². The number of hydrogen-bond donors (Lipinski definition) is 1. The topological polar surface area (TPSA) is 34.0 Å². The number of nitrogens with zero attached hydrogens (tertiary/aromatic N) is 1. The van der Waals surface area contributed by atoms with Crippen LogP contribution >= 0.6 is 11.3 Å². The first-order valence-electron chi connectivity index (χ1n) is 7.63. The van der Waals surface area contributed by atoms with Gasteiger partial charge in [0.05, 0.1) is 16.3 Å². The molecule has 1 aromatic carbocycles. The van der Waals surface area contributed by atoms with Gasteiger partial charge in [-0.25, -0.2) is 0 Å². The lowest BCUT2D eigenvalue weighted by molar-refractivity contribution is 0.0931. The zero-order chi connectivity index (χ0) is 16.4. The molecule has 2 heterocycles. The third-order valence-corrected chi connectivity index (χ3v) is 4.68. The Morgan fingerprint density at radius 3 is 2.74 bits per heavy atom. The molecule has 118 valence electrons. The maximum atomic E-state index is 12.7. The molecule has 1 atom stereocenters. The van der Waals surface area contributed by atoms with Crippen LogP contribution in [0.25, 0.3) is 10.2 Å². The Morgan fingerprint density at radius 2 is 2.04 bits per heavy atom. The van der Waals surface area contributed by atoms with Gasteiger partial charge in [-0.05, 0) is 36.9 Å². The van der Waals surface area contributed by atoms with Gasteiger partial charge in [-0.15, -0.1) is 11.3 Å². The van der Waals surface area contributed by atoms with Gasteiger partial charge in [0.25, 0.3) is 5.91 Å². The van der Waals surface area contributed by atoms with Crippen LogP contribution in [0.15, 0.2) is 60.0 Å². The largest absolute Gasteiger partial charge is 0.344 e. The van der Waals surface area contributed by atoms with Crippen molar-refractivity contribution in [2.24, 2.45) is 0 Å². The van der Waals surface area contributed by atoms with Crippen LogP contribution < -0.4 is 5.32 Å². The Balaban J connectivity index is 1.88. The van der Waals surface area contributed by atoms with E-state index in [1.165, 1.54) is 0 Å². The summed E-state index contributed by atoms with van der Waals surface area (Å²) in [4.78, 5) is 12.7. The van der Waals surface area contributed by atoms with Crippen molar-refractivity contribution in [2.45, 2.75) is 26.4 Å². The summed E-state index contributed by atoms with van der Waals surface area (Å²) in [6.07, 6.45) is 0. The summed E-state index contributed by atoms with van der Waals surface area (Å²) in [7, 11) is 0. The van der Waals surface area contributed by atoms with Gasteiger partial charge >= 0.3 is 0 Å². The molecule has 0 aliphatic heterocycles. The van der Waals surface area contributed by atoms with Crippen molar-refractivity contribution in [3.63, 3.8) is 0 Å². The van der Waals surface area contributed by atoms with E-state index in [0.717, 1.165) is 21.4 Å². The molecule has 0 aliphatic rings. The van der Waals surface area contributed by atoms with E-state index in [0.29, 0.717) is 12.2 Å². The van der Waals surface area contributed by atoms with Gasteiger partial charge in [-0.3, -0.25) is 4.79 Å². The lowest BCUT2D eigenvalue weighted by Gasteiger charge is -2.16. The molecule has 0 unspecified atom stereocenters. The van der Waals surface area contributed by atoms with Gasteiger partial charge in [0, 0.05) is 6.54 Å². The van der Waals surface area contributed by atoms with E-state index in [-0.39, 0.29) is 11.9 Å². The van der Waals surface area contributed by atoms with Gasteiger partial charge in [0.15, 0.2) is 0 Å². The fourth-order valence-electron chi connectivity index (χ4n) is 2.70. The molecule has 0 radical (unpaired) electrons. The number of amides is 1. The summed E-state index contributed by atoms with van der Waals surface area (Å²) in [6.45, 7) is 8.62. The van der Waals surface area contributed by atoms with Crippen molar-refractivity contribution in [3.8, 4) is 0 Å². The monoisotopic (exact) mass is 324 g/mol. The number of nitrogens with one attached hydrogen (secondary N) is 1. The number of carbonyl (C=O) groups is 1. The van der Waals surface area contributed by atoms with Crippen LogP contribution in [-0.4, -0.2) is 10.5 Å². The quantitative estimate of drug-likeness (QED) is 0.674. The number of carbonyl (C=O) groups excluding carboxylic acids is 1. The van der Waals surface area contributed by atoms with Crippen molar-refractivity contribution in [1.29, 1.82) is 0 Å². The zero-order valence-electron chi connectivity index (χ0n) is 13.4. The summed E-state index contributed by atoms with van der Waals surface area (Å²) < 4.78 is 3.17. The van der Waals surface area contributed by atoms with Crippen molar-refractivity contribution in [2.75, 3.05) is 0 Å². The standard InChI is InChI=1S/C19H20N2OS/c1-13(2)12-21-16-9-10-23-18(16)11-17(21)19(22)20-14(3)15-7-5-4-6-8-15/h4-11,14H,1,12H2,2-3H3,(H,20,22)/t14-/m1/s1. The Morgan fingerprint density at radius 1 is 1.30 bits per heavy atom. The van der Waals surface area contributed by atoms with E-state index in [9.17, 15) is 4.79 Å². The molecule has 1 N–H and O–H groups in total. The molecule has 2 aromatic heterocycles. The highest BCUT2D eigenvalue weighted by atomic mass is 32.1. The Bertz CT molecular complexity index is 845. The highest BCUT2D eigenvalue weighted by Crippen LogP contribution is 2.26. The molecule has 0 aliphatic carbocycles. The average molecular weight is 324 g/mol. The van der Waals surface area contributed by atoms with Gasteiger partial charge in [-0.2, -0.15) is 0 Å². The molecule has 23 heavy (non-hydrogen) atoms. The smallest absolute Gasteiger partial charge is 0.268 e. The molecular weight excluding hydrogens is 304 g/mol. The first-order valence-corrected chi connectivity index (χ1v) is 8.51. The molecule has 0 saturated carbocycles. The predicted molar refractivity (Wildman–Crippen MR) is 97.0 cm³/mol. The molecular formula is C19H20N2OS. The fourth-order valence-corrected chi connectivity index (χ4v) is 3.52. The van der Waals surface area contributed by atoms with Gasteiger partial charge in [-0.1, -0.05) is 42.5 Å². The zero-order valence-corrected chi connectivity index (χ0v) is 14.2. The van der Waals surface area contributed by atoms with Crippen LogP contribution in [0, 0.1) is 0 Å². The molecule has 3 nitrogen and oxygen atoms in total. The molecule has 0 saturated heterocycles. The van der Waals surface area contributed by atoms with Crippen molar-refractivity contribution < 1.29 is 4.79 Å². The third kappa shape index (κ3) is 3.22. The molecule has 0 bridgehead atoms. The molecule has 4 heteroatoms. The van der Waals surface area contributed by atoms with Gasteiger partial charge < -0.3 is 9.88 Å². The maximum Gasteiger partial charge on any atom is 0.268 e. The second-order valence-electron chi connectivity index (χ2n) is 5.85. The van der Waals surface area contributed by atoms with Crippen molar-refractivity contribution in [3.05, 3.63) is 71.3 Å². The second kappa shape index (κ2) is 6.42. The van der Waals surface area contributed by atoms with Crippen LogP contribution in [-0.2, 0) is 6.54 Å². The van der Waals surface area contributed by atoms with Crippen LogP contribution in [0.4, 0.5) is 0 Å². The summed E-state index contributed by atoms with van der Waals surface area (Å²) >= 11 is 1.65. The van der Waals surface area contributed by atoms with E-state index in [4.69, 9.17) is 0 Å². The minimum absolute atomic E-state index is 0.0325. The summed E-state index contributed by atoms with van der Waals surface area (Å²) in [6, 6.07) is 14.0. The Labute approximate surface area is 140 Å². The SMILES string of the molecule is C=C(C)Cn1c(C(=O)N[C@H](C)c2ccccc2)cc2sccc21. The van der Waals surface area contributed by atoms with Gasteiger partial charge in [0.1, 0.15) is 5.69 Å². The predicted octanol–water partition coefficient (Wildman–Crippen LogP) is 4.77. The number of thiophene rings is 1. The number of allylic oxidation sites excluding steroid dienone is 1. The minimum atomic E-state index is -0.0500. The van der Waals surface area contributed by atoms with Crippen LogP contribution in [0.1, 0.15) is 35.9 Å². The van der Waals surface area contributed by atoms with Crippen LogP contribution in [0.3, 0.4) is 0 Å². The molecule has 0 fully saturated rings. The lowest BCUT2D eigenvalue weighted by atomic mass is 10.1. The first kappa shape index (κ1) is 15.6. The minimum Gasteiger partial charge on any atom is -0.344 e. The number of rotatable bonds is 5. The summed E-state index contributed by atoms with van der Waals surface area (Å²) in [5.74, 6) is -0.0500. The van der Waals surface area contributed by atoms with E-state index in [1.54, 1.807) is 11.3 Å².